The van der Waals surface area contributed by atoms with Gasteiger partial charge < -0.3 is 9.88 Å². The molecule has 4 heteroatoms. The average Bonchev–Trinajstić information content (AvgIpc) is 2.76. The number of thiophene rings is 1. The van der Waals surface area contributed by atoms with Crippen LogP contribution in [-0.4, -0.2) is 11.1 Å². The lowest BCUT2D eigenvalue weighted by Crippen LogP contribution is -2.27. The van der Waals surface area contributed by atoms with E-state index in [9.17, 15) is 4.79 Å². The molecule has 0 atom stereocenters. The van der Waals surface area contributed by atoms with Crippen molar-refractivity contribution in [2.75, 3.05) is 6.54 Å². The topological polar surface area (TPSA) is 34.0 Å². The number of pyridine rings is 1. The molecule has 0 unspecified atom stereocenters. The second kappa shape index (κ2) is 5.98. The number of hydrogen-bond acceptors (Lipinski definition) is 3. The van der Waals surface area contributed by atoms with Crippen LogP contribution in [0, 0.1) is 13.8 Å². The molecule has 0 radical (unpaired) electrons. The first kappa shape index (κ1) is 13.1. The minimum Gasteiger partial charge on any atom is -0.314 e. The number of rotatable bonds is 5. The van der Waals surface area contributed by atoms with Crippen molar-refractivity contribution in [3.05, 3.63) is 56.1 Å². The lowest BCUT2D eigenvalue weighted by Gasteiger charge is -2.07. The largest absolute Gasteiger partial charge is 0.314 e. The molecule has 0 saturated carbocycles. The lowest BCUT2D eigenvalue weighted by molar-refractivity contribution is 0.585. The Kier molecular flexibility index (Phi) is 4.33. The number of hydrogen-bond donors (Lipinski definition) is 1. The third-order valence-corrected chi connectivity index (χ3v) is 4.02. The van der Waals surface area contributed by atoms with Crippen LogP contribution in [0.3, 0.4) is 0 Å². The van der Waals surface area contributed by atoms with E-state index < -0.39 is 0 Å². The number of nitrogens with one attached hydrogen (secondary N) is 1. The van der Waals surface area contributed by atoms with Gasteiger partial charge in [0.15, 0.2) is 0 Å². The Morgan fingerprint density at radius 3 is 2.83 bits per heavy atom. The predicted octanol–water partition coefficient (Wildman–Crippen LogP) is 2.32. The first-order chi connectivity index (χ1) is 8.68. The molecule has 0 aliphatic rings. The molecule has 0 fully saturated rings. The third-order valence-electron chi connectivity index (χ3n) is 2.99. The monoisotopic (exact) mass is 262 g/mol. The second-order valence-corrected chi connectivity index (χ2v) is 5.39. The van der Waals surface area contributed by atoms with Gasteiger partial charge in [-0.25, -0.2) is 0 Å². The molecule has 0 aliphatic carbocycles. The van der Waals surface area contributed by atoms with Crippen molar-refractivity contribution in [2.45, 2.75) is 26.9 Å². The summed E-state index contributed by atoms with van der Waals surface area (Å²) in [6, 6.07) is 5.90. The zero-order chi connectivity index (χ0) is 13.0. The maximum Gasteiger partial charge on any atom is 0.253 e. The summed E-state index contributed by atoms with van der Waals surface area (Å²) in [6.07, 6.45) is 1.84. The highest BCUT2D eigenvalue weighted by atomic mass is 32.1. The van der Waals surface area contributed by atoms with Crippen LogP contribution >= 0.6 is 11.3 Å². The fourth-order valence-corrected chi connectivity index (χ4v) is 2.70. The highest BCUT2D eigenvalue weighted by molar-refractivity contribution is 7.10. The highest BCUT2D eigenvalue weighted by Gasteiger charge is 2.00. The third kappa shape index (κ3) is 3.09. The van der Waals surface area contributed by atoms with E-state index >= 15 is 0 Å². The molecule has 0 saturated heterocycles. The van der Waals surface area contributed by atoms with Crippen molar-refractivity contribution < 1.29 is 0 Å². The molecule has 2 rings (SSSR count). The van der Waals surface area contributed by atoms with E-state index in [1.54, 1.807) is 15.9 Å². The summed E-state index contributed by atoms with van der Waals surface area (Å²) < 4.78 is 1.75. The molecule has 1 N–H and O–H groups in total. The summed E-state index contributed by atoms with van der Waals surface area (Å²) in [5.74, 6) is 0. The van der Waals surface area contributed by atoms with Gasteiger partial charge in [-0.2, -0.15) is 0 Å². The highest BCUT2D eigenvalue weighted by Crippen LogP contribution is 2.14. The molecule has 2 aromatic heterocycles. The number of aromatic nitrogens is 1. The summed E-state index contributed by atoms with van der Waals surface area (Å²) in [7, 11) is 0. The van der Waals surface area contributed by atoms with Gasteiger partial charge in [-0.15, -0.1) is 11.3 Å². The molecule has 0 amide bonds. The van der Waals surface area contributed by atoms with Crippen LogP contribution in [0.5, 0.6) is 0 Å². The normalized spacial score (nSPS) is 10.8. The molecule has 18 heavy (non-hydrogen) atoms. The van der Waals surface area contributed by atoms with E-state index in [1.165, 1.54) is 10.4 Å². The van der Waals surface area contributed by atoms with E-state index in [-0.39, 0.29) is 5.56 Å². The molecule has 0 aromatic carbocycles. The van der Waals surface area contributed by atoms with Crippen molar-refractivity contribution in [1.82, 2.24) is 9.88 Å². The minimum atomic E-state index is 0.103. The molecule has 0 aliphatic heterocycles. The first-order valence-corrected chi connectivity index (χ1v) is 6.96. The lowest BCUT2D eigenvalue weighted by atomic mass is 10.3. The van der Waals surface area contributed by atoms with Gasteiger partial charge in [0, 0.05) is 36.3 Å². The summed E-state index contributed by atoms with van der Waals surface area (Å²) in [5, 5.41) is 5.48. The van der Waals surface area contributed by atoms with Crippen molar-refractivity contribution in [2.24, 2.45) is 0 Å². The van der Waals surface area contributed by atoms with Crippen LogP contribution in [0.4, 0.5) is 0 Å². The summed E-state index contributed by atoms with van der Waals surface area (Å²) in [6.45, 7) is 6.37. The quantitative estimate of drug-likeness (QED) is 0.839. The Hall–Kier alpha value is -1.39. The average molecular weight is 262 g/mol. The van der Waals surface area contributed by atoms with E-state index in [1.807, 2.05) is 25.3 Å². The zero-order valence-corrected chi connectivity index (χ0v) is 11.6. The van der Waals surface area contributed by atoms with Gasteiger partial charge >= 0.3 is 0 Å². The fourth-order valence-electron chi connectivity index (χ4n) is 1.82. The first-order valence-electron chi connectivity index (χ1n) is 6.08. The summed E-state index contributed by atoms with van der Waals surface area (Å²) in [5.41, 5.74) is 2.23. The van der Waals surface area contributed by atoms with E-state index in [0.717, 1.165) is 18.7 Å². The molecule has 2 aromatic rings. The fraction of sp³-hybridized carbons (Fsp3) is 0.357. The summed E-state index contributed by atoms with van der Waals surface area (Å²) >= 11 is 1.77. The standard InChI is InChI=1S/C14H18N2OS/c1-11-5-9-18-13(11)10-15-6-8-16-7-3-4-12(2)14(16)17/h3-5,7,9,15H,6,8,10H2,1-2H3. The van der Waals surface area contributed by atoms with Crippen LogP contribution in [0.15, 0.2) is 34.6 Å². The molecule has 0 spiro atoms. The van der Waals surface area contributed by atoms with Gasteiger partial charge in [0.2, 0.25) is 0 Å². The molecule has 96 valence electrons. The van der Waals surface area contributed by atoms with Gasteiger partial charge in [-0.05, 0) is 36.9 Å². The van der Waals surface area contributed by atoms with Gasteiger partial charge in [0.1, 0.15) is 0 Å². The SMILES string of the molecule is Cc1ccsc1CNCCn1cccc(C)c1=O. The zero-order valence-electron chi connectivity index (χ0n) is 10.8. The Balaban J connectivity index is 1.84. The number of nitrogens with zero attached hydrogens (tertiary/aromatic N) is 1. The van der Waals surface area contributed by atoms with E-state index in [2.05, 4.69) is 23.7 Å². The van der Waals surface area contributed by atoms with Gasteiger partial charge in [-0.1, -0.05) is 6.07 Å². The Morgan fingerprint density at radius 1 is 1.28 bits per heavy atom. The Morgan fingerprint density at radius 2 is 2.11 bits per heavy atom. The maximum absolute atomic E-state index is 11.8. The van der Waals surface area contributed by atoms with E-state index in [0.29, 0.717) is 6.54 Å². The van der Waals surface area contributed by atoms with Crippen LogP contribution in [0.2, 0.25) is 0 Å². The van der Waals surface area contributed by atoms with Gasteiger partial charge in [0.25, 0.3) is 5.56 Å². The molecular formula is C14H18N2OS. The Labute approximate surface area is 111 Å². The van der Waals surface area contributed by atoms with E-state index in [4.69, 9.17) is 0 Å². The van der Waals surface area contributed by atoms with Gasteiger partial charge in [-0.3, -0.25) is 4.79 Å². The summed E-state index contributed by atoms with van der Waals surface area (Å²) in [4.78, 5) is 13.2. The molecule has 2 heterocycles. The number of aryl methyl sites for hydroxylation is 2. The van der Waals surface area contributed by atoms with Crippen LogP contribution in [-0.2, 0) is 13.1 Å². The second-order valence-electron chi connectivity index (χ2n) is 4.39. The van der Waals surface area contributed by atoms with Crippen LogP contribution in [0.25, 0.3) is 0 Å². The smallest absolute Gasteiger partial charge is 0.253 e. The van der Waals surface area contributed by atoms with Crippen molar-refractivity contribution in [3.8, 4) is 0 Å². The van der Waals surface area contributed by atoms with Crippen molar-refractivity contribution >= 4 is 11.3 Å². The van der Waals surface area contributed by atoms with Crippen LogP contribution < -0.4 is 10.9 Å². The maximum atomic E-state index is 11.8. The van der Waals surface area contributed by atoms with Crippen molar-refractivity contribution in [1.29, 1.82) is 0 Å². The van der Waals surface area contributed by atoms with Crippen LogP contribution in [0.1, 0.15) is 16.0 Å². The van der Waals surface area contributed by atoms with Gasteiger partial charge in [0.05, 0.1) is 0 Å². The minimum absolute atomic E-state index is 0.103. The molecule has 3 nitrogen and oxygen atoms in total. The van der Waals surface area contributed by atoms with Crippen molar-refractivity contribution in [3.63, 3.8) is 0 Å². The predicted molar refractivity (Wildman–Crippen MR) is 76.2 cm³/mol. The molecular weight excluding hydrogens is 244 g/mol. The Bertz CT molecular complexity index is 571. The molecule has 0 bridgehead atoms.